The van der Waals surface area contributed by atoms with Crippen molar-refractivity contribution in [2.75, 3.05) is 17.2 Å². The lowest BCUT2D eigenvalue weighted by atomic mass is 10.1. The number of anilines is 3. The van der Waals surface area contributed by atoms with Crippen LogP contribution in [0.15, 0.2) is 30.5 Å². The Labute approximate surface area is 122 Å². The number of benzene rings is 1. The van der Waals surface area contributed by atoms with Crippen LogP contribution in [0, 0.1) is 17.6 Å². The van der Waals surface area contributed by atoms with Crippen LogP contribution in [0.4, 0.5) is 26.2 Å². The summed E-state index contributed by atoms with van der Waals surface area (Å²) in [6.07, 6.45) is 2.64. The molecule has 0 radical (unpaired) electrons. The minimum Gasteiger partial charge on any atom is -0.370 e. The van der Waals surface area contributed by atoms with E-state index in [-0.39, 0.29) is 0 Å². The molecule has 21 heavy (non-hydrogen) atoms. The van der Waals surface area contributed by atoms with Crippen LogP contribution < -0.4 is 10.6 Å². The van der Waals surface area contributed by atoms with Crippen molar-refractivity contribution in [2.45, 2.75) is 20.3 Å². The van der Waals surface area contributed by atoms with E-state index in [0.29, 0.717) is 23.4 Å². The van der Waals surface area contributed by atoms with Gasteiger partial charge in [-0.1, -0.05) is 13.8 Å². The van der Waals surface area contributed by atoms with Gasteiger partial charge in [-0.3, -0.25) is 0 Å². The summed E-state index contributed by atoms with van der Waals surface area (Å²) in [6.45, 7) is 5.12. The molecule has 0 amide bonds. The number of nitrogens with one attached hydrogen (secondary N) is 2. The van der Waals surface area contributed by atoms with Crippen LogP contribution in [0.2, 0.25) is 0 Å². The molecular weight excluding hydrogens is 274 g/mol. The number of rotatable bonds is 6. The van der Waals surface area contributed by atoms with Crippen LogP contribution >= 0.6 is 0 Å². The SMILES string of the molecule is CC(C)CCNc1ccnc(Nc2ccc(F)c(F)c2)n1. The fraction of sp³-hybridized carbons (Fsp3) is 0.333. The second-order valence-corrected chi connectivity index (χ2v) is 5.13. The molecule has 2 rings (SSSR count). The highest BCUT2D eigenvalue weighted by atomic mass is 19.2. The topological polar surface area (TPSA) is 49.8 Å². The van der Waals surface area contributed by atoms with Crippen LogP contribution in [0.25, 0.3) is 0 Å². The standard InChI is InChI=1S/C15H18F2N4/c1-10(2)5-7-18-14-6-8-19-15(21-14)20-11-3-4-12(16)13(17)9-11/h3-4,6,8-10H,5,7H2,1-2H3,(H2,18,19,20,21). The zero-order valence-electron chi connectivity index (χ0n) is 12.0. The molecule has 112 valence electrons. The Balaban J connectivity index is 2.01. The molecule has 2 aromatic rings. The number of nitrogens with zero attached hydrogens (tertiary/aromatic N) is 2. The Morgan fingerprint density at radius 1 is 1.14 bits per heavy atom. The normalized spacial score (nSPS) is 10.7. The quantitative estimate of drug-likeness (QED) is 0.846. The third kappa shape index (κ3) is 4.66. The Bertz CT molecular complexity index is 602. The molecule has 0 bridgehead atoms. The zero-order valence-corrected chi connectivity index (χ0v) is 12.0. The van der Waals surface area contributed by atoms with E-state index >= 15 is 0 Å². The minimum absolute atomic E-state index is 0.329. The molecule has 0 aliphatic carbocycles. The molecule has 1 aromatic carbocycles. The highest BCUT2D eigenvalue weighted by Crippen LogP contribution is 2.17. The molecule has 2 N–H and O–H groups in total. The first-order chi connectivity index (χ1) is 10.0. The van der Waals surface area contributed by atoms with E-state index in [1.165, 1.54) is 6.07 Å². The maximum absolute atomic E-state index is 13.1. The maximum atomic E-state index is 13.1. The molecule has 0 fully saturated rings. The van der Waals surface area contributed by atoms with Crippen LogP contribution in [0.3, 0.4) is 0 Å². The summed E-state index contributed by atoms with van der Waals surface area (Å²) in [5.41, 5.74) is 0.397. The summed E-state index contributed by atoms with van der Waals surface area (Å²) in [7, 11) is 0. The summed E-state index contributed by atoms with van der Waals surface area (Å²) < 4.78 is 26.0. The molecule has 0 atom stereocenters. The van der Waals surface area contributed by atoms with Crippen molar-refractivity contribution in [2.24, 2.45) is 5.92 Å². The summed E-state index contributed by atoms with van der Waals surface area (Å²) in [5, 5.41) is 6.04. The zero-order chi connectivity index (χ0) is 15.2. The van der Waals surface area contributed by atoms with Crippen molar-refractivity contribution in [3.63, 3.8) is 0 Å². The predicted octanol–water partition coefficient (Wildman–Crippen LogP) is 3.96. The molecule has 0 unspecified atom stereocenters. The van der Waals surface area contributed by atoms with E-state index in [9.17, 15) is 8.78 Å². The maximum Gasteiger partial charge on any atom is 0.229 e. The lowest BCUT2D eigenvalue weighted by Gasteiger charge is -2.09. The van der Waals surface area contributed by atoms with Crippen molar-refractivity contribution < 1.29 is 8.78 Å². The molecule has 0 aliphatic heterocycles. The van der Waals surface area contributed by atoms with Crippen molar-refractivity contribution in [3.8, 4) is 0 Å². The lowest BCUT2D eigenvalue weighted by molar-refractivity contribution is 0.509. The molecular formula is C15H18F2N4. The highest BCUT2D eigenvalue weighted by molar-refractivity contribution is 5.54. The van der Waals surface area contributed by atoms with Gasteiger partial charge in [0.15, 0.2) is 11.6 Å². The van der Waals surface area contributed by atoms with Gasteiger partial charge in [0.1, 0.15) is 5.82 Å². The Morgan fingerprint density at radius 3 is 2.67 bits per heavy atom. The van der Waals surface area contributed by atoms with Crippen molar-refractivity contribution in [1.82, 2.24) is 9.97 Å². The van der Waals surface area contributed by atoms with E-state index in [4.69, 9.17) is 0 Å². The third-order valence-corrected chi connectivity index (χ3v) is 2.86. The van der Waals surface area contributed by atoms with E-state index in [1.807, 2.05) is 0 Å². The molecule has 0 saturated heterocycles. The Morgan fingerprint density at radius 2 is 1.95 bits per heavy atom. The van der Waals surface area contributed by atoms with Gasteiger partial charge in [0.25, 0.3) is 0 Å². The number of aromatic nitrogens is 2. The molecule has 1 heterocycles. The summed E-state index contributed by atoms with van der Waals surface area (Å²) in [4.78, 5) is 8.32. The van der Waals surface area contributed by atoms with Gasteiger partial charge in [0.2, 0.25) is 5.95 Å². The predicted molar refractivity (Wildman–Crippen MR) is 79.6 cm³/mol. The van der Waals surface area contributed by atoms with Gasteiger partial charge in [-0.15, -0.1) is 0 Å². The monoisotopic (exact) mass is 292 g/mol. The number of hydrogen-bond donors (Lipinski definition) is 2. The van der Waals surface area contributed by atoms with Crippen molar-refractivity contribution >= 4 is 17.5 Å². The largest absolute Gasteiger partial charge is 0.370 e. The van der Waals surface area contributed by atoms with Crippen LogP contribution in [-0.4, -0.2) is 16.5 Å². The first-order valence-corrected chi connectivity index (χ1v) is 6.83. The smallest absolute Gasteiger partial charge is 0.229 e. The average Bonchev–Trinajstić information content (AvgIpc) is 2.43. The molecule has 1 aromatic heterocycles. The van der Waals surface area contributed by atoms with Crippen LogP contribution in [0.1, 0.15) is 20.3 Å². The first kappa shape index (κ1) is 15.2. The molecule has 0 spiro atoms. The average molecular weight is 292 g/mol. The molecule has 4 nitrogen and oxygen atoms in total. The number of halogens is 2. The minimum atomic E-state index is -0.911. The van der Waals surface area contributed by atoms with Gasteiger partial charge in [-0.05, 0) is 30.5 Å². The summed E-state index contributed by atoms with van der Waals surface area (Å²) in [5.74, 6) is -0.165. The summed E-state index contributed by atoms with van der Waals surface area (Å²) in [6, 6.07) is 5.32. The Hall–Kier alpha value is -2.24. The van der Waals surface area contributed by atoms with Gasteiger partial charge in [-0.25, -0.2) is 13.8 Å². The fourth-order valence-electron chi connectivity index (χ4n) is 1.71. The third-order valence-electron chi connectivity index (χ3n) is 2.86. The van der Waals surface area contributed by atoms with Gasteiger partial charge in [-0.2, -0.15) is 4.98 Å². The lowest BCUT2D eigenvalue weighted by Crippen LogP contribution is -2.07. The van der Waals surface area contributed by atoms with E-state index in [0.717, 1.165) is 25.1 Å². The fourth-order valence-corrected chi connectivity index (χ4v) is 1.71. The molecule has 0 aliphatic rings. The second kappa shape index (κ2) is 6.97. The first-order valence-electron chi connectivity index (χ1n) is 6.83. The van der Waals surface area contributed by atoms with E-state index in [1.54, 1.807) is 12.3 Å². The van der Waals surface area contributed by atoms with Crippen LogP contribution in [-0.2, 0) is 0 Å². The van der Waals surface area contributed by atoms with E-state index < -0.39 is 11.6 Å². The van der Waals surface area contributed by atoms with Gasteiger partial charge >= 0.3 is 0 Å². The van der Waals surface area contributed by atoms with Gasteiger partial charge in [0, 0.05) is 24.5 Å². The second-order valence-electron chi connectivity index (χ2n) is 5.13. The van der Waals surface area contributed by atoms with Crippen molar-refractivity contribution in [1.29, 1.82) is 0 Å². The Kier molecular flexibility index (Phi) is 5.03. The summed E-state index contributed by atoms with van der Waals surface area (Å²) >= 11 is 0. The highest BCUT2D eigenvalue weighted by Gasteiger charge is 2.04. The number of hydrogen-bond acceptors (Lipinski definition) is 4. The van der Waals surface area contributed by atoms with Crippen molar-refractivity contribution in [3.05, 3.63) is 42.1 Å². The van der Waals surface area contributed by atoms with Gasteiger partial charge in [0.05, 0.1) is 0 Å². The van der Waals surface area contributed by atoms with Crippen LogP contribution in [0.5, 0.6) is 0 Å². The molecule has 6 heteroatoms. The van der Waals surface area contributed by atoms with E-state index in [2.05, 4.69) is 34.4 Å². The van der Waals surface area contributed by atoms with Gasteiger partial charge < -0.3 is 10.6 Å². The molecule has 0 saturated carbocycles.